The Morgan fingerprint density at radius 1 is 0.274 bits per heavy atom. The van der Waals surface area contributed by atoms with E-state index in [-0.39, 0.29) is 0 Å². The van der Waals surface area contributed by atoms with Crippen molar-refractivity contribution >= 4 is 64.6 Å². The average molecular weight is 786 g/mol. The van der Waals surface area contributed by atoms with Crippen LogP contribution in [-0.2, 0) is 0 Å². The van der Waals surface area contributed by atoms with E-state index in [1.165, 1.54) is 53.9 Å². The number of rotatable bonds is 5. The van der Waals surface area contributed by atoms with Crippen LogP contribution in [0.1, 0.15) is 11.1 Å². The van der Waals surface area contributed by atoms with Gasteiger partial charge in [-0.05, 0) is 135 Å². The Kier molecular flexibility index (Phi) is 7.90. The predicted octanol–water partition coefficient (Wildman–Crippen LogP) is 14.3. The fourth-order valence-electron chi connectivity index (χ4n) is 9.33. The molecule has 11 aromatic carbocycles. The van der Waals surface area contributed by atoms with Crippen molar-refractivity contribution in [2.75, 3.05) is 0 Å². The number of fused-ring (bicyclic) bond motifs is 2. The Bertz CT molecular complexity index is 3750. The molecule has 5 heteroatoms. The molecule has 0 saturated heterocycles. The lowest BCUT2D eigenvalue weighted by Gasteiger charge is -2.17. The molecular formula is C57H31N5. The summed E-state index contributed by atoms with van der Waals surface area (Å²) < 4.78 is 0. The van der Waals surface area contributed by atoms with Gasteiger partial charge in [0.25, 0.3) is 0 Å². The van der Waals surface area contributed by atoms with Gasteiger partial charge in [0.15, 0.2) is 17.5 Å². The highest BCUT2D eigenvalue weighted by Gasteiger charge is 2.19. The minimum Gasteiger partial charge on any atom is -0.208 e. The van der Waals surface area contributed by atoms with E-state index in [2.05, 4.69) is 127 Å². The van der Waals surface area contributed by atoms with E-state index >= 15 is 0 Å². The molecule has 1 heterocycles. The molecule has 0 saturated carbocycles. The van der Waals surface area contributed by atoms with Crippen molar-refractivity contribution in [1.29, 1.82) is 10.5 Å². The first-order chi connectivity index (χ1) is 30.6. The molecule has 0 unspecified atom stereocenters. The van der Waals surface area contributed by atoms with Crippen molar-refractivity contribution in [2.24, 2.45) is 0 Å². The number of nitriles is 2. The zero-order valence-electron chi connectivity index (χ0n) is 33.1. The number of hydrogen-bond donors (Lipinski definition) is 0. The summed E-state index contributed by atoms with van der Waals surface area (Å²) in [6, 6.07) is 69.5. The van der Waals surface area contributed by atoms with Crippen LogP contribution in [0.5, 0.6) is 0 Å². The zero-order chi connectivity index (χ0) is 41.3. The topological polar surface area (TPSA) is 86.2 Å². The van der Waals surface area contributed by atoms with E-state index in [4.69, 9.17) is 15.0 Å². The highest BCUT2D eigenvalue weighted by atomic mass is 15.0. The smallest absolute Gasteiger partial charge is 0.164 e. The van der Waals surface area contributed by atoms with E-state index in [0.717, 1.165) is 49.7 Å². The van der Waals surface area contributed by atoms with Gasteiger partial charge >= 0.3 is 0 Å². The minimum absolute atomic E-state index is 0.550. The highest BCUT2D eigenvalue weighted by Crippen LogP contribution is 2.44. The Hall–Kier alpha value is -8.77. The minimum atomic E-state index is 0.550. The van der Waals surface area contributed by atoms with Gasteiger partial charge in [-0.15, -0.1) is 0 Å². The monoisotopic (exact) mass is 785 g/mol. The third kappa shape index (κ3) is 5.65. The Labute approximate surface area is 356 Å². The van der Waals surface area contributed by atoms with Crippen LogP contribution in [0.25, 0.3) is 121 Å². The van der Waals surface area contributed by atoms with E-state index in [1.807, 2.05) is 72.8 Å². The van der Waals surface area contributed by atoms with Crippen LogP contribution < -0.4 is 0 Å². The lowest BCUT2D eigenvalue weighted by molar-refractivity contribution is 1.07. The van der Waals surface area contributed by atoms with Crippen molar-refractivity contribution < 1.29 is 0 Å². The number of aromatic nitrogens is 3. The Morgan fingerprint density at radius 2 is 0.645 bits per heavy atom. The van der Waals surface area contributed by atoms with Crippen LogP contribution >= 0.6 is 0 Å². The highest BCUT2D eigenvalue weighted by molar-refractivity contribution is 6.37. The summed E-state index contributed by atoms with van der Waals surface area (Å²) in [4.78, 5) is 15.8. The maximum Gasteiger partial charge on any atom is 0.164 e. The Balaban J connectivity index is 1.14. The van der Waals surface area contributed by atoms with E-state index in [9.17, 15) is 10.5 Å². The van der Waals surface area contributed by atoms with Crippen molar-refractivity contribution in [3.63, 3.8) is 0 Å². The average Bonchev–Trinajstić information content (AvgIpc) is 3.34. The molecule has 0 N–H and O–H groups in total. The Morgan fingerprint density at radius 3 is 1.10 bits per heavy atom. The van der Waals surface area contributed by atoms with E-state index < -0.39 is 0 Å². The van der Waals surface area contributed by atoms with Crippen LogP contribution in [-0.4, -0.2) is 15.0 Å². The standard InChI is InChI=1S/C57H31N5/c58-32-34-16-20-36(21-17-34)41-9-1-11-44(28-41)55-60-56(45-12-2-10-42(29-45)37-22-18-35(33-59)19-23-37)62-57(61-55)46-30-43-27-26-40-7-4-14-48-47-13-3-6-38-24-25-39-8-5-15-49(53(39)51(38)47)50(31-46)54(43)52(40)48/h1-31H. The zero-order valence-corrected chi connectivity index (χ0v) is 33.1. The molecule has 0 spiro atoms. The van der Waals surface area contributed by atoms with Crippen LogP contribution in [0, 0.1) is 22.7 Å². The maximum atomic E-state index is 9.43. The molecule has 0 radical (unpaired) electrons. The summed E-state index contributed by atoms with van der Waals surface area (Å²) in [6.45, 7) is 0. The van der Waals surface area contributed by atoms with Gasteiger partial charge in [-0.2, -0.15) is 10.5 Å². The van der Waals surface area contributed by atoms with Gasteiger partial charge in [0.2, 0.25) is 0 Å². The third-order valence-electron chi connectivity index (χ3n) is 12.3. The molecule has 0 aliphatic heterocycles. The van der Waals surface area contributed by atoms with Crippen LogP contribution in [0.2, 0.25) is 0 Å². The number of benzene rings is 10. The van der Waals surface area contributed by atoms with Gasteiger partial charge in [0, 0.05) is 16.7 Å². The molecule has 0 bridgehead atoms. The number of hydrogen-bond acceptors (Lipinski definition) is 5. The summed E-state index contributed by atoms with van der Waals surface area (Å²) in [6.07, 6.45) is 0. The van der Waals surface area contributed by atoms with Gasteiger partial charge in [0.1, 0.15) is 0 Å². The van der Waals surface area contributed by atoms with Gasteiger partial charge in [-0.1, -0.05) is 140 Å². The van der Waals surface area contributed by atoms with Gasteiger partial charge in [-0.25, -0.2) is 15.0 Å². The SMILES string of the molecule is N#Cc1ccc(-c2cccc(-c3nc(-c4cccc(-c5ccc(C#N)cc5)c4)nc(-c4cc5ccc6cccc7c8cccc9ccc%10cccc(c(c4)c5c67)c%10c98)n3)c2)cc1. The molecule has 0 fully saturated rings. The van der Waals surface area contributed by atoms with Crippen LogP contribution in [0.4, 0.5) is 0 Å². The first-order valence-electron chi connectivity index (χ1n) is 20.5. The fraction of sp³-hybridized carbons (Fsp3) is 0. The van der Waals surface area contributed by atoms with Crippen molar-refractivity contribution in [2.45, 2.75) is 0 Å². The second kappa shape index (κ2) is 13.9. The molecule has 62 heavy (non-hydrogen) atoms. The number of nitrogens with zero attached hydrogens (tertiary/aromatic N) is 5. The van der Waals surface area contributed by atoms with Gasteiger partial charge < -0.3 is 0 Å². The lowest BCUT2D eigenvalue weighted by Crippen LogP contribution is -2.01. The summed E-state index contributed by atoms with van der Waals surface area (Å²) in [7, 11) is 0. The summed E-state index contributed by atoms with van der Waals surface area (Å²) >= 11 is 0. The molecule has 0 amide bonds. The molecule has 0 aliphatic carbocycles. The van der Waals surface area contributed by atoms with E-state index in [1.54, 1.807) is 0 Å². The molecule has 0 aliphatic rings. The fourth-order valence-corrected chi connectivity index (χ4v) is 9.33. The van der Waals surface area contributed by atoms with Gasteiger partial charge in [-0.3, -0.25) is 0 Å². The first-order valence-corrected chi connectivity index (χ1v) is 20.5. The maximum absolute atomic E-state index is 9.43. The molecule has 1 aromatic heterocycles. The first kappa shape index (κ1) is 35.2. The molecule has 0 atom stereocenters. The second-order valence-electron chi connectivity index (χ2n) is 15.8. The summed E-state index contributed by atoms with van der Waals surface area (Å²) in [5.41, 5.74) is 7.78. The van der Waals surface area contributed by atoms with Gasteiger partial charge in [0.05, 0.1) is 23.3 Å². The largest absolute Gasteiger partial charge is 0.208 e. The van der Waals surface area contributed by atoms with Crippen molar-refractivity contribution in [3.05, 3.63) is 199 Å². The summed E-state index contributed by atoms with van der Waals surface area (Å²) in [5, 5.41) is 33.3. The molecular weight excluding hydrogens is 755 g/mol. The van der Waals surface area contributed by atoms with Crippen molar-refractivity contribution in [1.82, 2.24) is 15.0 Å². The van der Waals surface area contributed by atoms with Crippen LogP contribution in [0.15, 0.2) is 188 Å². The van der Waals surface area contributed by atoms with Crippen LogP contribution in [0.3, 0.4) is 0 Å². The molecule has 284 valence electrons. The summed E-state index contributed by atoms with van der Waals surface area (Å²) in [5.74, 6) is 1.67. The molecule has 5 nitrogen and oxygen atoms in total. The normalized spacial score (nSPS) is 11.5. The third-order valence-corrected chi connectivity index (χ3v) is 12.3. The van der Waals surface area contributed by atoms with Crippen molar-refractivity contribution in [3.8, 4) is 68.6 Å². The van der Waals surface area contributed by atoms with E-state index in [0.29, 0.717) is 28.6 Å². The predicted molar refractivity (Wildman–Crippen MR) is 253 cm³/mol. The lowest BCUT2D eigenvalue weighted by atomic mass is 9.87. The molecule has 12 rings (SSSR count). The second-order valence-corrected chi connectivity index (χ2v) is 15.8. The molecule has 12 aromatic rings. The quantitative estimate of drug-likeness (QED) is 0.162.